The van der Waals surface area contributed by atoms with Crippen LogP contribution in [0.2, 0.25) is 0 Å². The first-order valence-electron chi connectivity index (χ1n) is 5.78. The number of carbonyl (C=O) groups is 3. The fraction of sp³-hybridized carbons (Fsp3) is 0.750. The molecule has 0 rings (SSSR count). The summed E-state index contributed by atoms with van der Waals surface area (Å²) in [7, 11) is 0. The van der Waals surface area contributed by atoms with E-state index < -0.39 is 30.3 Å². The molecule has 0 aliphatic rings. The zero-order valence-electron chi connectivity index (χ0n) is 11.2. The molecule has 6 heteroatoms. The summed E-state index contributed by atoms with van der Waals surface area (Å²) in [6.07, 6.45) is -0.447. The molecule has 0 aromatic carbocycles. The van der Waals surface area contributed by atoms with Crippen LogP contribution < -0.4 is 5.32 Å². The van der Waals surface area contributed by atoms with Crippen molar-refractivity contribution >= 4 is 17.8 Å². The highest BCUT2D eigenvalue weighted by molar-refractivity contribution is 5.86. The molecular weight excluding hydrogens is 238 g/mol. The van der Waals surface area contributed by atoms with Gasteiger partial charge in [0.25, 0.3) is 0 Å². The highest BCUT2D eigenvalue weighted by atomic mass is 16.4. The minimum atomic E-state index is -1.37. The zero-order valence-corrected chi connectivity index (χ0v) is 11.2. The van der Waals surface area contributed by atoms with Crippen LogP contribution in [0, 0.1) is 11.3 Å². The van der Waals surface area contributed by atoms with Gasteiger partial charge in [-0.2, -0.15) is 0 Å². The van der Waals surface area contributed by atoms with Crippen LogP contribution in [0.15, 0.2) is 0 Å². The highest BCUT2D eigenvalue weighted by Gasteiger charge is 2.26. The van der Waals surface area contributed by atoms with Crippen molar-refractivity contribution in [3.05, 3.63) is 0 Å². The Morgan fingerprint density at radius 3 is 1.94 bits per heavy atom. The van der Waals surface area contributed by atoms with Gasteiger partial charge < -0.3 is 15.5 Å². The SMILES string of the molecule is CC(CC(=O)NC(CC(=O)O)C(=O)O)C(C)(C)C. The van der Waals surface area contributed by atoms with Crippen LogP contribution in [0.25, 0.3) is 0 Å². The largest absolute Gasteiger partial charge is 0.481 e. The van der Waals surface area contributed by atoms with Crippen LogP contribution in [0.1, 0.15) is 40.5 Å². The fourth-order valence-corrected chi connectivity index (χ4v) is 1.21. The van der Waals surface area contributed by atoms with E-state index in [4.69, 9.17) is 10.2 Å². The van der Waals surface area contributed by atoms with Crippen LogP contribution in [0.4, 0.5) is 0 Å². The standard InChI is InChI=1S/C12H21NO5/c1-7(12(2,3)4)5-9(14)13-8(11(17)18)6-10(15)16/h7-8H,5-6H2,1-4H3,(H,13,14)(H,15,16)(H,17,18). The first-order valence-corrected chi connectivity index (χ1v) is 5.78. The molecule has 18 heavy (non-hydrogen) atoms. The lowest BCUT2D eigenvalue weighted by Crippen LogP contribution is -2.43. The predicted molar refractivity (Wildman–Crippen MR) is 65.1 cm³/mol. The van der Waals surface area contributed by atoms with E-state index in [2.05, 4.69) is 5.32 Å². The lowest BCUT2D eigenvalue weighted by molar-refractivity contribution is -0.147. The molecule has 0 bridgehead atoms. The second-order valence-electron chi connectivity index (χ2n) is 5.53. The second-order valence-corrected chi connectivity index (χ2v) is 5.53. The average molecular weight is 259 g/mol. The van der Waals surface area contributed by atoms with Gasteiger partial charge in [-0.25, -0.2) is 4.79 Å². The van der Waals surface area contributed by atoms with Gasteiger partial charge in [-0.15, -0.1) is 0 Å². The molecule has 0 aliphatic carbocycles. The van der Waals surface area contributed by atoms with Gasteiger partial charge in [0.15, 0.2) is 0 Å². The normalized spacial score (nSPS) is 14.7. The van der Waals surface area contributed by atoms with Crippen molar-refractivity contribution in [2.45, 2.75) is 46.6 Å². The van der Waals surface area contributed by atoms with E-state index in [0.717, 1.165) is 0 Å². The lowest BCUT2D eigenvalue weighted by Gasteiger charge is -2.27. The first kappa shape index (κ1) is 16.4. The third-order valence-electron chi connectivity index (χ3n) is 2.98. The van der Waals surface area contributed by atoms with Gasteiger partial charge >= 0.3 is 11.9 Å². The second kappa shape index (κ2) is 6.37. The Kier molecular flexibility index (Phi) is 5.81. The Morgan fingerprint density at radius 1 is 1.11 bits per heavy atom. The summed E-state index contributed by atoms with van der Waals surface area (Å²) in [5, 5.41) is 19.6. The van der Waals surface area contributed by atoms with Gasteiger partial charge in [-0.3, -0.25) is 9.59 Å². The quantitative estimate of drug-likeness (QED) is 0.662. The van der Waals surface area contributed by atoms with Crippen molar-refractivity contribution in [1.29, 1.82) is 0 Å². The summed E-state index contributed by atoms with van der Waals surface area (Å²) in [6, 6.07) is -1.37. The van der Waals surface area contributed by atoms with E-state index in [1.54, 1.807) is 0 Å². The Hall–Kier alpha value is -1.59. The number of aliphatic carboxylic acids is 2. The van der Waals surface area contributed by atoms with Gasteiger partial charge in [0.1, 0.15) is 6.04 Å². The monoisotopic (exact) mass is 259 g/mol. The number of carboxylic acid groups (broad SMARTS) is 2. The van der Waals surface area contributed by atoms with E-state index in [0.29, 0.717) is 0 Å². The van der Waals surface area contributed by atoms with Gasteiger partial charge in [0.05, 0.1) is 6.42 Å². The molecule has 0 heterocycles. The van der Waals surface area contributed by atoms with Crippen LogP contribution in [0.3, 0.4) is 0 Å². The number of nitrogens with one attached hydrogen (secondary N) is 1. The number of carboxylic acids is 2. The molecule has 0 saturated heterocycles. The van der Waals surface area contributed by atoms with Gasteiger partial charge in [0.2, 0.25) is 5.91 Å². The van der Waals surface area contributed by atoms with E-state index >= 15 is 0 Å². The average Bonchev–Trinajstić information content (AvgIpc) is 2.13. The molecule has 2 atom stereocenters. The Bertz CT molecular complexity index is 332. The lowest BCUT2D eigenvalue weighted by atomic mass is 9.80. The van der Waals surface area contributed by atoms with Gasteiger partial charge in [0, 0.05) is 6.42 Å². The summed E-state index contributed by atoms with van der Waals surface area (Å²) in [5.41, 5.74) is -0.0666. The maximum absolute atomic E-state index is 11.6. The number of hydrogen-bond donors (Lipinski definition) is 3. The maximum Gasteiger partial charge on any atom is 0.326 e. The van der Waals surface area contributed by atoms with Crippen molar-refractivity contribution in [2.75, 3.05) is 0 Å². The summed E-state index contributed by atoms with van der Waals surface area (Å²) in [6.45, 7) is 7.84. The third kappa shape index (κ3) is 6.22. The molecule has 0 aromatic heterocycles. The molecule has 0 spiro atoms. The number of amides is 1. The smallest absolute Gasteiger partial charge is 0.326 e. The topological polar surface area (TPSA) is 104 Å². The van der Waals surface area contributed by atoms with Crippen LogP contribution in [-0.2, 0) is 14.4 Å². The molecule has 2 unspecified atom stereocenters. The zero-order chi connectivity index (χ0) is 14.5. The van der Waals surface area contributed by atoms with E-state index in [9.17, 15) is 14.4 Å². The summed E-state index contributed by atoms with van der Waals surface area (Å²) in [5.74, 6) is -2.97. The van der Waals surface area contributed by atoms with E-state index in [1.165, 1.54) is 0 Å². The van der Waals surface area contributed by atoms with Crippen molar-refractivity contribution in [2.24, 2.45) is 11.3 Å². The van der Waals surface area contributed by atoms with Crippen molar-refractivity contribution < 1.29 is 24.6 Å². The Labute approximate surface area is 106 Å². The van der Waals surface area contributed by atoms with E-state index in [-0.39, 0.29) is 17.8 Å². The molecule has 0 fully saturated rings. The minimum absolute atomic E-state index is 0.0665. The number of carbonyl (C=O) groups excluding carboxylic acids is 1. The number of rotatable bonds is 6. The van der Waals surface area contributed by atoms with E-state index in [1.807, 2.05) is 27.7 Å². The predicted octanol–water partition coefficient (Wildman–Crippen LogP) is 1.10. The van der Waals surface area contributed by atoms with Gasteiger partial charge in [-0.1, -0.05) is 27.7 Å². The summed E-state index contributed by atoms with van der Waals surface area (Å²) < 4.78 is 0. The molecule has 0 saturated carbocycles. The van der Waals surface area contributed by atoms with Crippen LogP contribution >= 0.6 is 0 Å². The summed E-state index contributed by atoms with van der Waals surface area (Å²) >= 11 is 0. The van der Waals surface area contributed by atoms with Crippen LogP contribution in [-0.4, -0.2) is 34.1 Å². The molecule has 6 nitrogen and oxygen atoms in total. The molecule has 0 aromatic rings. The molecule has 0 radical (unpaired) electrons. The van der Waals surface area contributed by atoms with Crippen LogP contribution in [0.5, 0.6) is 0 Å². The summed E-state index contributed by atoms with van der Waals surface area (Å²) in [4.78, 5) is 32.9. The Balaban J connectivity index is 4.44. The molecule has 1 amide bonds. The maximum atomic E-state index is 11.6. The number of hydrogen-bond acceptors (Lipinski definition) is 3. The molecule has 3 N–H and O–H groups in total. The van der Waals surface area contributed by atoms with Gasteiger partial charge in [-0.05, 0) is 11.3 Å². The highest BCUT2D eigenvalue weighted by Crippen LogP contribution is 2.27. The van der Waals surface area contributed by atoms with Crippen molar-refractivity contribution in [1.82, 2.24) is 5.32 Å². The third-order valence-corrected chi connectivity index (χ3v) is 2.98. The molecule has 0 aliphatic heterocycles. The molecular formula is C12H21NO5. The Morgan fingerprint density at radius 2 is 1.61 bits per heavy atom. The van der Waals surface area contributed by atoms with Crippen molar-refractivity contribution in [3.63, 3.8) is 0 Å². The van der Waals surface area contributed by atoms with Crippen molar-refractivity contribution in [3.8, 4) is 0 Å². The first-order chi connectivity index (χ1) is 8.04. The fourth-order valence-electron chi connectivity index (χ4n) is 1.21. The minimum Gasteiger partial charge on any atom is -0.481 e. The molecule has 104 valence electrons.